The zero-order valence-corrected chi connectivity index (χ0v) is 19.8. The van der Waals surface area contributed by atoms with Crippen molar-refractivity contribution >= 4 is 40.0 Å². The first-order valence-corrected chi connectivity index (χ1v) is 12.0. The molecule has 6 nitrogen and oxygen atoms in total. The van der Waals surface area contributed by atoms with E-state index in [1.165, 1.54) is 16.2 Å². The van der Waals surface area contributed by atoms with Crippen LogP contribution < -0.4 is 4.72 Å². The number of hydrogen-bond acceptors (Lipinski definition) is 5. The highest BCUT2D eigenvalue weighted by Gasteiger charge is 2.51. The van der Waals surface area contributed by atoms with Gasteiger partial charge in [0.25, 0.3) is 0 Å². The molecule has 1 N–H and O–H groups in total. The molecule has 9 heteroatoms. The van der Waals surface area contributed by atoms with E-state index in [2.05, 4.69) is 9.71 Å². The molecule has 0 bridgehead atoms. The number of aromatic nitrogens is 1. The van der Waals surface area contributed by atoms with Gasteiger partial charge in [0.2, 0.25) is 0 Å². The summed E-state index contributed by atoms with van der Waals surface area (Å²) in [4.78, 5) is 19.9. The first-order valence-electron chi connectivity index (χ1n) is 9.62. The fourth-order valence-electron chi connectivity index (χ4n) is 3.79. The monoisotopic (exact) mass is 447 g/mol. The van der Waals surface area contributed by atoms with Gasteiger partial charge in [0.1, 0.15) is 5.60 Å². The summed E-state index contributed by atoms with van der Waals surface area (Å²) in [5.74, 6) is 0. The molecule has 2 aliphatic rings. The maximum absolute atomic E-state index is 12.9. The Morgan fingerprint density at radius 2 is 1.89 bits per heavy atom. The van der Waals surface area contributed by atoms with Crippen molar-refractivity contribution in [3.63, 3.8) is 0 Å². The minimum atomic E-state index is -1.22. The van der Waals surface area contributed by atoms with Gasteiger partial charge in [-0.3, -0.25) is 0 Å². The smallest absolute Gasteiger partial charge is 0.410 e. The number of carbonyl (C=O) groups is 1. The molecule has 0 radical (unpaired) electrons. The highest BCUT2D eigenvalue weighted by Crippen LogP contribution is 2.54. The number of nitrogens with one attached hydrogen (secondary N) is 1. The summed E-state index contributed by atoms with van der Waals surface area (Å²) in [5, 5.41) is 0. The molecule has 1 saturated heterocycles. The van der Waals surface area contributed by atoms with E-state index in [-0.39, 0.29) is 22.3 Å². The lowest BCUT2D eigenvalue weighted by Gasteiger charge is -2.43. The number of thiazole rings is 1. The van der Waals surface area contributed by atoms with Crippen LogP contribution in [0.25, 0.3) is 0 Å². The van der Waals surface area contributed by atoms with Crippen molar-refractivity contribution in [2.45, 2.75) is 77.2 Å². The lowest BCUT2D eigenvalue weighted by Crippen LogP contribution is -2.50. The van der Waals surface area contributed by atoms with Crippen LogP contribution in [0.3, 0.4) is 0 Å². The van der Waals surface area contributed by atoms with Crippen molar-refractivity contribution in [3.8, 4) is 0 Å². The highest BCUT2D eigenvalue weighted by atomic mass is 35.5. The van der Waals surface area contributed by atoms with Gasteiger partial charge in [-0.2, -0.15) is 0 Å². The van der Waals surface area contributed by atoms with Gasteiger partial charge in [0.15, 0.2) is 4.47 Å². The quantitative estimate of drug-likeness (QED) is 0.726. The molecule has 1 aliphatic heterocycles. The average molecular weight is 448 g/mol. The van der Waals surface area contributed by atoms with Crippen molar-refractivity contribution in [2.75, 3.05) is 13.1 Å². The minimum absolute atomic E-state index is 0.0990. The van der Waals surface area contributed by atoms with Crippen LogP contribution in [-0.4, -0.2) is 43.6 Å². The third-order valence-electron chi connectivity index (χ3n) is 5.29. The van der Waals surface area contributed by atoms with Crippen LogP contribution in [-0.2, 0) is 22.1 Å². The molecule has 2 heterocycles. The van der Waals surface area contributed by atoms with Gasteiger partial charge in [-0.25, -0.2) is 18.7 Å². The third-order valence-corrected chi connectivity index (χ3v) is 8.03. The van der Waals surface area contributed by atoms with Crippen molar-refractivity contribution in [1.82, 2.24) is 14.6 Å². The summed E-state index contributed by atoms with van der Waals surface area (Å²) in [5.41, 5.74) is 0.328. The summed E-state index contributed by atoms with van der Waals surface area (Å²) in [6, 6.07) is -0.118. The third kappa shape index (κ3) is 4.55. The Kier molecular flexibility index (Phi) is 5.91. The molecule has 3 rings (SSSR count). The van der Waals surface area contributed by atoms with E-state index in [9.17, 15) is 9.00 Å². The number of halogens is 1. The summed E-state index contributed by atoms with van der Waals surface area (Å²) in [7, 11) is -1.22. The molecule has 158 valence electrons. The van der Waals surface area contributed by atoms with Gasteiger partial charge >= 0.3 is 6.09 Å². The Bertz CT molecular complexity index is 774. The predicted molar refractivity (Wildman–Crippen MR) is 114 cm³/mol. The van der Waals surface area contributed by atoms with Gasteiger partial charge in [-0.15, -0.1) is 11.3 Å². The molecule has 0 saturated carbocycles. The summed E-state index contributed by atoms with van der Waals surface area (Å²) in [6.07, 6.45) is 2.21. The topological polar surface area (TPSA) is 71.5 Å². The van der Waals surface area contributed by atoms with Crippen LogP contribution in [0, 0.1) is 5.41 Å². The van der Waals surface area contributed by atoms with Gasteiger partial charge in [0, 0.05) is 23.4 Å². The first-order chi connectivity index (χ1) is 12.8. The number of nitrogens with zero attached hydrogens (tertiary/aromatic N) is 2. The van der Waals surface area contributed by atoms with Crippen molar-refractivity contribution in [3.05, 3.63) is 15.0 Å². The van der Waals surface area contributed by atoms with E-state index < -0.39 is 16.6 Å². The maximum atomic E-state index is 12.9. The van der Waals surface area contributed by atoms with E-state index in [4.69, 9.17) is 16.3 Å². The van der Waals surface area contributed by atoms with Crippen LogP contribution in [0.1, 0.15) is 71.0 Å². The van der Waals surface area contributed by atoms with E-state index in [0.29, 0.717) is 17.6 Å². The Labute approximate surface area is 179 Å². The Balaban J connectivity index is 1.78. The lowest BCUT2D eigenvalue weighted by atomic mass is 9.74. The van der Waals surface area contributed by atoms with E-state index >= 15 is 0 Å². The lowest BCUT2D eigenvalue weighted by molar-refractivity contribution is 0.00715. The Morgan fingerprint density at radius 3 is 2.43 bits per heavy atom. The molecular formula is C19H30ClN3O3S2. The second kappa shape index (κ2) is 7.52. The number of rotatable bonds is 2. The Hall–Kier alpha value is -0.700. The molecule has 1 aliphatic carbocycles. The summed E-state index contributed by atoms with van der Waals surface area (Å²) >= 11 is 7.67. The van der Waals surface area contributed by atoms with Crippen LogP contribution >= 0.6 is 22.9 Å². The van der Waals surface area contributed by atoms with Crippen LogP contribution in [0.2, 0.25) is 4.47 Å². The molecule has 1 aromatic heterocycles. The Morgan fingerprint density at radius 1 is 1.29 bits per heavy atom. The zero-order chi connectivity index (χ0) is 20.9. The molecule has 2 atom stereocenters. The fourth-order valence-corrected chi connectivity index (χ4v) is 6.06. The summed E-state index contributed by atoms with van der Waals surface area (Å²) in [6.45, 7) is 12.7. The molecular weight excluding hydrogens is 418 g/mol. The number of amides is 1. The summed E-state index contributed by atoms with van der Waals surface area (Å²) < 4.78 is 21.9. The van der Waals surface area contributed by atoms with E-state index in [0.717, 1.165) is 25.0 Å². The van der Waals surface area contributed by atoms with Crippen molar-refractivity contribution in [2.24, 2.45) is 5.41 Å². The normalized spacial score (nSPS) is 23.0. The molecule has 1 spiro atoms. The highest BCUT2D eigenvalue weighted by molar-refractivity contribution is 7.84. The largest absolute Gasteiger partial charge is 0.444 e. The average Bonchev–Trinajstić information content (AvgIpc) is 3.00. The molecule has 1 fully saturated rings. The van der Waals surface area contributed by atoms with Crippen molar-refractivity contribution in [1.29, 1.82) is 0 Å². The number of carbonyl (C=O) groups excluding carboxylic acids is 1. The van der Waals surface area contributed by atoms with E-state index in [1.54, 1.807) is 4.90 Å². The van der Waals surface area contributed by atoms with Crippen LogP contribution in [0.4, 0.5) is 4.79 Å². The van der Waals surface area contributed by atoms with Crippen molar-refractivity contribution < 1.29 is 13.7 Å². The van der Waals surface area contributed by atoms with Gasteiger partial charge in [-0.1, -0.05) is 11.6 Å². The maximum Gasteiger partial charge on any atom is 0.410 e. The van der Waals surface area contributed by atoms with Gasteiger partial charge in [-0.05, 0) is 60.8 Å². The SMILES string of the molecule is CC(C)(C)OC(=O)N1CCC2(CC1)Cc1sc(Cl)nc1[C@H]2NS(=O)C(C)(C)C. The number of piperidine rings is 1. The molecule has 1 amide bonds. The number of fused-ring (bicyclic) bond motifs is 1. The standard InChI is InChI=1S/C19H30ClN3O3S2/c1-17(2,3)26-16(24)23-9-7-19(8-10-23)11-12-13(21-15(20)27-12)14(19)22-28(25)18(4,5)6/h14,22H,7-11H2,1-6H3/t14-,28?/m1/s1. The number of likely N-dealkylation sites (tertiary alicyclic amines) is 1. The fraction of sp³-hybridized carbons (Fsp3) is 0.789. The number of hydrogen-bond donors (Lipinski definition) is 1. The molecule has 1 unspecified atom stereocenters. The van der Waals surface area contributed by atoms with Crippen LogP contribution in [0.5, 0.6) is 0 Å². The minimum Gasteiger partial charge on any atom is -0.444 e. The first kappa shape index (κ1) is 22.0. The van der Waals surface area contributed by atoms with Gasteiger partial charge in [0.05, 0.1) is 27.5 Å². The predicted octanol–water partition coefficient (Wildman–Crippen LogP) is 4.46. The van der Waals surface area contributed by atoms with Crippen LogP contribution in [0.15, 0.2) is 0 Å². The molecule has 28 heavy (non-hydrogen) atoms. The van der Waals surface area contributed by atoms with Gasteiger partial charge < -0.3 is 9.64 Å². The van der Waals surface area contributed by atoms with E-state index in [1.807, 2.05) is 41.5 Å². The molecule has 1 aromatic rings. The zero-order valence-electron chi connectivity index (χ0n) is 17.4. The second-order valence-electron chi connectivity index (χ2n) is 9.71. The second-order valence-corrected chi connectivity index (χ2v) is 13.4. The molecule has 0 aromatic carbocycles. The number of ether oxygens (including phenoxy) is 1.